The molecule has 0 aromatic heterocycles. The van der Waals surface area contributed by atoms with Crippen molar-refractivity contribution in [3.63, 3.8) is 0 Å². The highest BCUT2D eigenvalue weighted by Gasteiger charge is 2.12. The molecule has 0 fully saturated rings. The Bertz CT molecular complexity index is 637. The molecular formula is C13H6BrF2NO. The van der Waals surface area contributed by atoms with Crippen LogP contribution in [0.4, 0.5) is 8.78 Å². The molecule has 0 atom stereocenters. The van der Waals surface area contributed by atoms with E-state index in [1.165, 1.54) is 24.3 Å². The summed E-state index contributed by atoms with van der Waals surface area (Å²) in [6.07, 6.45) is 0. The Kier molecular flexibility index (Phi) is 3.58. The highest BCUT2D eigenvalue weighted by atomic mass is 79.9. The maximum atomic E-state index is 13.4. The predicted octanol–water partition coefficient (Wildman–Crippen LogP) is 4.39. The first-order chi connectivity index (χ1) is 8.61. The smallest absolute Gasteiger partial charge is 0.201 e. The zero-order valence-corrected chi connectivity index (χ0v) is 10.5. The van der Waals surface area contributed by atoms with E-state index in [-0.39, 0.29) is 17.1 Å². The van der Waals surface area contributed by atoms with E-state index in [9.17, 15) is 8.78 Å². The standard InChI is InChI=1S/C13H6BrF2NO/c14-9-5-4-8(7-17)12(6-9)18-11-3-1-2-10(15)13(11)16/h1-6H. The van der Waals surface area contributed by atoms with Crippen molar-refractivity contribution in [3.8, 4) is 17.6 Å². The van der Waals surface area contributed by atoms with E-state index >= 15 is 0 Å². The van der Waals surface area contributed by atoms with Crippen LogP contribution in [0.25, 0.3) is 0 Å². The Morgan fingerprint density at radius 2 is 1.89 bits per heavy atom. The first-order valence-electron chi connectivity index (χ1n) is 4.93. The summed E-state index contributed by atoms with van der Waals surface area (Å²) in [5, 5.41) is 8.90. The number of rotatable bonds is 2. The summed E-state index contributed by atoms with van der Waals surface area (Å²) in [6.45, 7) is 0. The predicted molar refractivity (Wildman–Crippen MR) is 65.3 cm³/mol. The summed E-state index contributed by atoms with van der Waals surface area (Å²) in [4.78, 5) is 0. The van der Waals surface area contributed by atoms with Crippen molar-refractivity contribution in [2.24, 2.45) is 0 Å². The lowest BCUT2D eigenvalue weighted by Gasteiger charge is -2.08. The quantitative estimate of drug-likeness (QED) is 0.824. The van der Waals surface area contributed by atoms with E-state index in [1.807, 2.05) is 6.07 Å². The molecule has 5 heteroatoms. The Hall–Kier alpha value is -1.93. The van der Waals surface area contributed by atoms with Crippen molar-refractivity contribution in [1.29, 1.82) is 5.26 Å². The molecule has 2 aromatic carbocycles. The van der Waals surface area contributed by atoms with Crippen molar-refractivity contribution in [2.45, 2.75) is 0 Å². The lowest BCUT2D eigenvalue weighted by atomic mass is 10.2. The molecule has 0 saturated carbocycles. The van der Waals surface area contributed by atoms with Gasteiger partial charge in [0.1, 0.15) is 11.8 Å². The number of ether oxygens (including phenoxy) is 1. The van der Waals surface area contributed by atoms with Crippen LogP contribution in [0.1, 0.15) is 5.56 Å². The Morgan fingerprint density at radius 3 is 2.61 bits per heavy atom. The van der Waals surface area contributed by atoms with Gasteiger partial charge in [0.05, 0.1) is 5.56 Å². The van der Waals surface area contributed by atoms with Gasteiger partial charge in [0.15, 0.2) is 11.6 Å². The molecule has 0 amide bonds. The molecule has 0 aliphatic rings. The first kappa shape index (κ1) is 12.5. The van der Waals surface area contributed by atoms with Gasteiger partial charge < -0.3 is 4.74 Å². The molecule has 2 rings (SSSR count). The normalized spacial score (nSPS) is 9.89. The van der Waals surface area contributed by atoms with Crippen LogP contribution in [0.5, 0.6) is 11.5 Å². The average Bonchev–Trinajstić information content (AvgIpc) is 2.35. The molecule has 2 nitrogen and oxygen atoms in total. The number of benzene rings is 2. The molecule has 0 unspecified atom stereocenters. The van der Waals surface area contributed by atoms with Crippen LogP contribution < -0.4 is 4.74 Å². The van der Waals surface area contributed by atoms with Crippen molar-refractivity contribution in [3.05, 3.63) is 58.1 Å². The molecule has 0 bridgehead atoms. The first-order valence-corrected chi connectivity index (χ1v) is 5.72. The Balaban J connectivity index is 2.43. The molecule has 0 N–H and O–H groups in total. The number of hydrogen-bond donors (Lipinski definition) is 0. The van der Waals surface area contributed by atoms with Gasteiger partial charge in [-0.3, -0.25) is 0 Å². The second kappa shape index (κ2) is 5.15. The maximum Gasteiger partial charge on any atom is 0.201 e. The van der Waals surface area contributed by atoms with Crippen LogP contribution in [0.3, 0.4) is 0 Å². The largest absolute Gasteiger partial charge is 0.453 e. The highest BCUT2D eigenvalue weighted by Crippen LogP contribution is 2.30. The van der Waals surface area contributed by atoms with Gasteiger partial charge in [0, 0.05) is 4.47 Å². The zero-order chi connectivity index (χ0) is 13.1. The lowest BCUT2D eigenvalue weighted by molar-refractivity contribution is 0.415. The summed E-state index contributed by atoms with van der Waals surface area (Å²) in [5.41, 5.74) is 0.238. The molecule has 2 aromatic rings. The topological polar surface area (TPSA) is 33.0 Å². The summed E-state index contributed by atoms with van der Waals surface area (Å²) < 4.78 is 32.3. The van der Waals surface area contributed by atoms with Gasteiger partial charge in [-0.05, 0) is 30.3 Å². The van der Waals surface area contributed by atoms with Crippen molar-refractivity contribution < 1.29 is 13.5 Å². The van der Waals surface area contributed by atoms with Gasteiger partial charge in [-0.25, -0.2) is 4.39 Å². The van der Waals surface area contributed by atoms with Gasteiger partial charge in [-0.2, -0.15) is 9.65 Å². The number of halogens is 3. The van der Waals surface area contributed by atoms with Crippen LogP contribution >= 0.6 is 15.9 Å². The third-order valence-corrected chi connectivity index (χ3v) is 2.69. The van der Waals surface area contributed by atoms with Crippen molar-refractivity contribution in [1.82, 2.24) is 0 Å². The maximum absolute atomic E-state index is 13.4. The van der Waals surface area contributed by atoms with Gasteiger partial charge in [0.2, 0.25) is 5.82 Å². The molecule has 90 valence electrons. The average molecular weight is 310 g/mol. The summed E-state index contributed by atoms with van der Waals surface area (Å²) in [7, 11) is 0. The van der Waals surface area contributed by atoms with Crippen LogP contribution in [-0.4, -0.2) is 0 Å². The van der Waals surface area contributed by atoms with Crippen LogP contribution in [0.2, 0.25) is 0 Å². The molecule has 0 aliphatic carbocycles. The van der Waals surface area contributed by atoms with Crippen LogP contribution in [0, 0.1) is 23.0 Å². The highest BCUT2D eigenvalue weighted by molar-refractivity contribution is 9.10. The fourth-order valence-electron chi connectivity index (χ4n) is 1.35. The van der Waals surface area contributed by atoms with E-state index in [0.29, 0.717) is 4.47 Å². The van der Waals surface area contributed by atoms with Gasteiger partial charge in [0.25, 0.3) is 0 Å². The molecule has 0 heterocycles. The zero-order valence-electron chi connectivity index (χ0n) is 8.95. The van der Waals surface area contributed by atoms with E-state index in [1.54, 1.807) is 6.07 Å². The minimum atomic E-state index is -1.08. The Labute approximate surface area is 111 Å². The van der Waals surface area contributed by atoms with E-state index in [2.05, 4.69) is 15.9 Å². The van der Waals surface area contributed by atoms with Gasteiger partial charge in [-0.15, -0.1) is 0 Å². The Morgan fingerprint density at radius 1 is 1.11 bits per heavy atom. The van der Waals surface area contributed by atoms with Crippen LogP contribution in [0.15, 0.2) is 40.9 Å². The fourth-order valence-corrected chi connectivity index (χ4v) is 1.69. The van der Waals surface area contributed by atoms with Crippen molar-refractivity contribution in [2.75, 3.05) is 0 Å². The molecule has 0 spiro atoms. The monoisotopic (exact) mass is 309 g/mol. The van der Waals surface area contributed by atoms with Gasteiger partial charge in [-0.1, -0.05) is 22.0 Å². The molecule has 18 heavy (non-hydrogen) atoms. The van der Waals surface area contributed by atoms with E-state index < -0.39 is 11.6 Å². The number of nitriles is 1. The molecule has 0 aliphatic heterocycles. The molecule has 0 saturated heterocycles. The van der Waals surface area contributed by atoms with E-state index in [0.717, 1.165) is 6.07 Å². The lowest BCUT2D eigenvalue weighted by Crippen LogP contribution is -1.93. The summed E-state index contributed by atoms with van der Waals surface area (Å²) in [5.74, 6) is -2.18. The molecule has 0 radical (unpaired) electrons. The third kappa shape index (κ3) is 2.49. The minimum Gasteiger partial charge on any atom is -0.453 e. The second-order valence-electron chi connectivity index (χ2n) is 3.41. The minimum absolute atomic E-state index is 0.163. The SMILES string of the molecule is N#Cc1ccc(Br)cc1Oc1cccc(F)c1F. The number of hydrogen-bond acceptors (Lipinski definition) is 2. The van der Waals surface area contributed by atoms with Crippen molar-refractivity contribution >= 4 is 15.9 Å². The number of nitrogens with zero attached hydrogens (tertiary/aromatic N) is 1. The van der Waals surface area contributed by atoms with Gasteiger partial charge >= 0.3 is 0 Å². The second-order valence-corrected chi connectivity index (χ2v) is 4.32. The van der Waals surface area contributed by atoms with Crippen LogP contribution in [-0.2, 0) is 0 Å². The van der Waals surface area contributed by atoms with E-state index in [4.69, 9.17) is 10.00 Å². The summed E-state index contributed by atoms with van der Waals surface area (Å²) in [6, 6.07) is 10.2. The fraction of sp³-hybridized carbons (Fsp3) is 0. The summed E-state index contributed by atoms with van der Waals surface area (Å²) >= 11 is 3.21. The third-order valence-electron chi connectivity index (χ3n) is 2.20. The molecular weight excluding hydrogens is 304 g/mol.